The highest BCUT2D eigenvalue weighted by atomic mass is 15.3. The lowest BCUT2D eigenvalue weighted by molar-refractivity contribution is 0.101. The molecule has 0 aromatic carbocycles. The summed E-state index contributed by atoms with van der Waals surface area (Å²) in [7, 11) is 4.47. The second-order valence-electron chi connectivity index (χ2n) is 6.28. The van der Waals surface area contributed by atoms with Crippen LogP contribution in [-0.2, 0) is 6.54 Å². The molecule has 0 spiro atoms. The van der Waals surface area contributed by atoms with Crippen molar-refractivity contribution < 1.29 is 0 Å². The number of aromatic nitrogens is 2. The molecule has 1 aromatic heterocycles. The number of likely N-dealkylation sites (N-methyl/N-ethyl adjacent to an activating group) is 2. The van der Waals surface area contributed by atoms with Crippen LogP contribution in [0.5, 0.6) is 0 Å². The van der Waals surface area contributed by atoms with E-state index in [1.54, 1.807) is 0 Å². The summed E-state index contributed by atoms with van der Waals surface area (Å²) in [5.41, 5.74) is 1.33. The number of hydrogen-bond donors (Lipinski definition) is 1. The van der Waals surface area contributed by atoms with E-state index in [1.807, 2.05) is 6.20 Å². The summed E-state index contributed by atoms with van der Waals surface area (Å²) in [6, 6.07) is 1.02. The maximum atomic E-state index is 4.49. The third-order valence-corrected chi connectivity index (χ3v) is 4.45. The van der Waals surface area contributed by atoms with Crippen LogP contribution in [0.25, 0.3) is 0 Å². The minimum atomic E-state index is 0.402. The van der Waals surface area contributed by atoms with Gasteiger partial charge in [-0.3, -0.25) is 4.68 Å². The normalized spacial score (nSPS) is 22.6. The molecule has 2 rings (SSSR count). The van der Waals surface area contributed by atoms with Crippen molar-refractivity contribution in [3.05, 3.63) is 18.0 Å². The molecule has 5 nitrogen and oxygen atoms in total. The predicted octanol–water partition coefficient (Wildman–Crippen LogP) is 1.58. The molecular formula is C16H31N5. The maximum absolute atomic E-state index is 4.49. The molecule has 1 aliphatic rings. The molecule has 0 amide bonds. The smallest absolute Gasteiger partial charge is 0.0537 e. The van der Waals surface area contributed by atoms with Crippen molar-refractivity contribution in [2.24, 2.45) is 0 Å². The third-order valence-electron chi connectivity index (χ3n) is 4.45. The zero-order chi connectivity index (χ0) is 15.2. The molecule has 5 heteroatoms. The maximum Gasteiger partial charge on any atom is 0.0537 e. The molecule has 21 heavy (non-hydrogen) atoms. The van der Waals surface area contributed by atoms with Gasteiger partial charge in [0.2, 0.25) is 0 Å². The first kappa shape index (κ1) is 16.5. The summed E-state index contributed by atoms with van der Waals surface area (Å²) in [4.78, 5) is 4.94. The van der Waals surface area contributed by atoms with Crippen LogP contribution < -0.4 is 5.32 Å². The van der Waals surface area contributed by atoms with Crippen LogP contribution >= 0.6 is 0 Å². The minimum Gasteiger partial charge on any atom is -0.310 e. The molecule has 0 saturated carbocycles. The topological polar surface area (TPSA) is 36.3 Å². The molecule has 2 atom stereocenters. The molecule has 2 unspecified atom stereocenters. The van der Waals surface area contributed by atoms with Gasteiger partial charge in [0.1, 0.15) is 0 Å². The second kappa shape index (κ2) is 7.92. The highest BCUT2D eigenvalue weighted by molar-refractivity contribution is 5.11. The van der Waals surface area contributed by atoms with E-state index in [4.69, 9.17) is 0 Å². The zero-order valence-electron chi connectivity index (χ0n) is 14.0. The first-order chi connectivity index (χ1) is 10.1. The monoisotopic (exact) mass is 293 g/mol. The lowest BCUT2D eigenvalue weighted by Crippen LogP contribution is -2.51. The summed E-state index contributed by atoms with van der Waals surface area (Å²) in [6.07, 6.45) is 6.52. The Morgan fingerprint density at radius 3 is 2.86 bits per heavy atom. The van der Waals surface area contributed by atoms with Gasteiger partial charge in [0.15, 0.2) is 0 Å². The number of hydrogen-bond acceptors (Lipinski definition) is 4. The third kappa shape index (κ3) is 4.53. The van der Waals surface area contributed by atoms with E-state index in [2.05, 4.69) is 59.0 Å². The number of nitrogens with one attached hydrogen (secondary N) is 1. The SMILES string of the molecule is CCCn1cc(C(CC2CN(C)CCN2C)NCC)cn1. The van der Waals surface area contributed by atoms with Crippen LogP contribution in [-0.4, -0.2) is 65.9 Å². The Bertz CT molecular complexity index is 417. The van der Waals surface area contributed by atoms with Crippen molar-refractivity contribution in [2.75, 3.05) is 40.3 Å². The average molecular weight is 293 g/mol. The minimum absolute atomic E-state index is 0.402. The second-order valence-corrected chi connectivity index (χ2v) is 6.28. The van der Waals surface area contributed by atoms with Gasteiger partial charge in [-0.15, -0.1) is 0 Å². The molecule has 1 saturated heterocycles. The highest BCUT2D eigenvalue weighted by Crippen LogP contribution is 2.22. The van der Waals surface area contributed by atoms with Crippen LogP contribution in [0, 0.1) is 0 Å². The van der Waals surface area contributed by atoms with E-state index in [0.29, 0.717) is 12.1 Å². The molecule has 0 bridgehead atoms. The van der Waals surface area contributed by atoms with Crippen LogP contribution in [0.15, 0.2) is 12.4 Å². The Balaban J connectivity index is 2.03. The number of aryl methyl sites for hydroxylation is 1. The number of rotatable bonds is 7. The number of piperazine rings is 1. The molecule has 2 heterocycles. The Morgan fingerprint density at radius 1 is 1.33 bits per heavy atom. The Kier molecular flexibility index (Phi) is 6.21. The van der Waals surface area contributed by atoms with Gasteiger partial charge in [-0.2, -0.15) is 5.10 Å². The van der Waals surface area contributed by atoms with Gasteiger partial charge in [-0.25, -0.2) is 0 Å². The van der Waals surface area contributed by atoms with Crippen molar-refractivity contribution in [1.29, 1.82) is 0 Å². The van der Waals surface area contributed by atoms with Crippen LogP contribution in [0.3, 0.4) is 0 Å². The molecule has 0 aliphatic carbocycles. The quantitative estimate of drug-likeness (QED) is 0.828. The van der Waals surface area contributed by atoms with E-state index in [1.165, 1.54) is 12.1 Å². The molecule has 1 N–H and O–H groups in total. The zero-order valence-corrected chi connectivity index (χ0v) is 14.0. The molecule has 1 aromatic rings. The first-order valence-corrected chi connectivity index (χ1v) is 8.28. The summed E-state index contributed by atoms with van der Waals surface area (Å²) >= 11 is 0. The van der Waals surface area contributed by atoms with E-state index < -0.39 is 0 Å². The van der Waals surface area contributed by atoms with Gasteiger partial charge in [0.05, 0.1) is 6.20 Å². The van der Waals surface area contributed by atoms with Crippen LogP contribution in [0.2, 0.25) is 0 Å². The fourth-order valence-electron chi connectivity index (χ4n) is 3.12. The van der Waals surface area contributed by atoms with Gasteiger partial charge in [-0.1, -0.05) is 13.8 Å². The van der Waals surface area contributed by atoms with Gasteiger partial charge in [0.25, 0.3) is 0 Å². The van der Waals surface area contributed by atoms with Crippen molar-refractivity contribution in [2.45, 2.75) is 45.3 Å². The predicted molar refractivity (Wildman–Crippen MR) is 87.5 cm³/mol. The van der Waals surface area contributed by atoms with E-state index in [9.17, 15) is 0 Å². The first-order valence-electron chi connectivity index (χ1n) is 8.28. The lowest BCUT2D eigenvalue weighted by Gasteiger charge is -2.39. The molecule has 120 valence electrons. The number of nitrogens with zero attached hydrogens (tertiary/aromatic N) is 4. The molecular weight excluding hydrogens is 262 g/mol. The van der Waals surface area contributed by atoms with Crippen molar-refractivity contribution in [3.63, 3.8) is 0 Å². The molecule has 1 aliphatic heterocycles. The highest BCUT2D eigenvalue weighted by Gasteiger charge is 2.26. The van der Waals surface area contributed by atoms with Crippen molar-refractivity contribution in [3.8, 4) is 0 Å². The Hall–Kier alpha value is -0.910. The Morgan fingerprint density at radius 2 is 2.14 bits per heavy atom. The standard InChI is InChI=1S/C16H31N5/c1-5-7-21-12-14(11-18-21)16(17-6-2)10-15-13-19(3)8-9-20(15)4/h11-12,15-17H,5-10,13H2,1-4H3. The van der Waals surface area contributed by atoms with E-state index in [-0.39, 0.29) is 0 Å². The van der Waals surface area contributed by atoms with E-state index >= 15 is 0 Å². The van der Waals surface area contributed by atoms with Gasteiger partial charge < -0.3 is 15.1 Å². The average Bonchev–Trinajstić information content (AvgIpc) is 2.91. The molecule has 1 fully saturated rings. The van der Waals surface area contributed by atoms with Crippen molar-refractivity contribution in [1.82, 2.24) is 24.9 Å². The van der Waals surface area contributed by atoms with Gasteiger partial charge in [-0.05, 0) is 33.5 Å². The summed E-state index contributed by atoms with van der Waals surface area (Å²) in [5, 5.41) is 8.13. The summed E-state index contributed by atoms with van der Waals surface area (Å²) in [6.45, 7) is 9.86. The largest absolute Gasteiger partial charge is 0.310 e. The summed E-state index contributed by atoms with van der Waals surface area (Å²) in [5.74, 6) is 0. The van der Waals surface area contributed by atoms with Gasteiger partial charge in [0, 0.05) is 50.0 Å². The lowest BCUT2D eigenvalue weighted by atomic mass is 9.99. The van der Waals surface area contributed by atoms with Crippen molar-refractivity contribution >= 4 is 0 Å². The van der Waals surface area contributed by atoms with E-state index in [0.717, 1.165) is 39.0 Å². The molecule has 0 radical (unpaired) electrons. The fraction of sp³-hybridized carbons (Fsp3) is 0.812. The van der Waals surface area contributed by atoms with Gasteiger partial charge >= 0.3 is 0 Å². The fourth-order valence-corrected chi connectivity index (χ4v) is 3.12. The van der Waals surface area contributed by atoms with Crippen LogP contribution in [0.4, 0.5) is 0 Å². The summed E-state index contributed by atoms with van der Waals surface area (Å²) < 4.78 is 2.07. The van der Waals surface area contributed by atoms with Crippen LogP contribution in [0.1, 0.15) is 38.3 Å². The Labute approximate surface area is 129 Å².